The first-order valence-corrected chi connectivity index (χ1v) is 4.38. The normalized spacial score (nSPS) is 33.0. The quantitative estimate of drug-likeness (QED) is 0.590. The summed E-state index contributed by atoms with van der Waals surface area (Å²) in [7, 11) is 0. The van der Waals surface area contributed by atoms with E-state index in [9.17, 15) is 5.11 Å². The fraction of sp³-hybridized carbons (Fsp3) is 1.00. The summed E-state index contributed by atoms with van der Waals surface area (Å²) >= 11 is 0. The van der Waals surface area contributed by atoms with Crippen LogP contribution >= 0.6 is 0 Å². The largest absolute Gasteiger partial charge is 0.391 e. The van der Waals surface area contributed by atoms with Gasteiger partial charge in [-0.25, -0.2) is 0 Å². The van der Waals surface area contributed by atoms with Crippen LogP contribution in [0.5, 0.6) is 0 Å². The molecule has 2 unspecified atom stereocenters. The Labute approximate surface area is 68.2 Å². The van der Waals surface area contributed by atoms with E-state index in [2.05, 4.69) is 11.8 Å². The van der Waals surface area contributed by atoms with E-state index < -0.39 is 0 Å². The second-order valence-electron chi connectivity index (χ2n) is 3.26. The van der Waals surface area contributed by atoms with Gasteiger partial charge in [0.1, 0.15) is 0 Å². The molecular formula is C8H18N2O. The van der Waals surface area contributed by atoms with E-state index in [0.29, 0.717) is 12.5 Å². The summed E-state index contributed by atoms with van der Waals surface area (Å²) in [4.78, 5) is 2.27. The van der Waals surface area contributed by atoms with Gasteiger partial charge in [-0.1, -0.05) is 6.92 Å². The zero-order valence-electron chi connectivity index (χ0n) is 7.16. The molecule has 1 rings (SSSR count). The maximum atomic E-state index is 9.52. The molecular weight excluding hydrogens is 140 g/mol. The topological polar surface area (TPSA) is 49.5 Å². The van der Waals surface area contributed by atoms with Crippen molar-refractivity contribution < 1.29 is 5.11 Å². The lowest BCUT2D eigenvalue weighted by molar-refractivity contribution is 0.139. The van der Waals surface area contributed by atoms with E-state index in [1.54, 1.807) is 0 Å². The van der Waals surface area contributed by atoms with E-state index in [4.69, 9.17) is 5.73 Å². The lowest BCUT2D eigenvalue weighted by Gasteiger charge is -2.11. The summed E-state index contributed by atoms with van der Waals surface area (Å²) in [6, 6.07) is 0. The molecule has 1 fully saturated rings. The average Bonchev–Trinajstić information content (AvgIpc) is 2.33. The molecule has 0 radical (unpaired) electrons. The number of rotatable bonds is 3. The van der Waals surface area contributed by atoms with Gasteiger partial charge in [0, 0.05) is 13.1 Å². The number of hydrogen-bond acceptors (Lipinski definition) is 3. The molecule has 0 amide bonds. The third-order valence-corrected chi connectivity index (χ3v) is 2.47. The first-order chi connectivity index (χ1) is 5.27. The van der Waals surface area contributed by atoms with Crippen LogP contribution in [-0.4, -0.2) is 42.3 Å². The van der Waals surface area contributed by atoms with Crippen LogP contribution in [0.4, 0.5) is 0 Å². The molecule has 0 saturated carbocycles. The van der Waals surface area contributed by atoms with Gasteiger partial charge in [-0.2, -0.15) is 0 Å². The van der Waals surface area contributed by atoms with Crippen molar-refractivity contribution in [3.05, 3.63) is 0 Å². The van der Waals surface area contributed by atoms with Crippen LogP contribution in [0.3, 0.4) is 0 Å². The summed E-state index contributed by atoms with van der Waals surface area (Å²) in [6.07, 6.45) is 0.816. The molecule has 1 aliphatic rings. The third kappa shape index (κ3) is 2.15. The lowest BCUT2D eigenvalue weighted by atomic mass is 10.0. The highest BCUT2D eigenvalue weighted by Crippen LogP contribution is 2.18. The van der Waals surface area contributed by atoms with Crippen LogP contribution in [0.1, 0.15) is 13.3 Å². The molecule has 0 aliphatic carbocycles. The second kappa shape index (κ2) is 4.04. The number of nitrogens with two attached hydrogens (primary N) is 1. The summed E-state index contributed by atoms with van der Waals surface area (Å²) in [6.45, 7) is 5.71. The summed E-state index contributed by atoms with van der Waals surface area (Å²) in [5.41, 5.74) is 5.43. The standard InChI is InChI=1S/C8H18N2O/c1-2-10-5-7(3-4-9)8(11)6-10/h7-8,11H,2-6,9H2,1H3. The van der Waals surface area contributed by atoms with Crippen LogP contribution in [-0.2, 0) is 0 Å². The Kier molecular flexibility index (Phi) is 3.30. The molecule has 0 spiro atoms. The van der Waals surface area contributed by atoms with E-state index in [0.717, 1.165) is 26.1 Å². The van der Waals surface area contributed by atoms with Gasteiger partial charge >= 0.3 is 0 Å². The predicted molar refractivity (Wildman–Crippen MR) is 45.3 cm³/mol. The van der Waals surface area contributed by atoms with Crippen LogP contribution in [0.25, 0.3) is 0 Å². The molecule has 0 aromatic heterocycles. The monoisotopic (exact) mass is 158 g/mol. The fourth-order valence-corrected chi connectivity index (χ4v) is 1.70. The molecule has 1 heterocycles. The van der Waals surface area contributed by atoms with Crippen molar-refractivity contribution in [2.24, 2.45) is 11.7 Å². The average molecular weight is 158 g/mol. The third-order valence-electron chi connectivity index (χ3n) is 2.47. The Hall–Kier alpha value is -0.120. The van der Waals surface area contributed by atoms with Crippen molar-refractivity contribution in [1.82, 2.24) is 4.90 Å². The molecule has 0 bridgehead atoms. The number of aliphatic hydroxyl groups is 1. The van der Waals surface area contributed by atoms with Gasteiger partial charge in [0.25, 0.3) is 0 Å². The van der Waals surface area contributed by atoms with Gasteiger partial charge in [0.05, 0.1) is 6.10 Å². The molecule has 0 aromatic carbocycles. The van der Waals surface area contributed by atoms with E-state index in [1.807, 2.05) is 0 Å². The maximum absolute atomic E-state index is 9.52. The fourth-order valence-electron chi connectivity index (χ4n) is 1.70. The van der Waals surface area contributed by atoms with E-state index in [-0.39, 0.29) is 6.10 Å². The number of likely N-dealkylation sites (tertiary alicyclic amines) is 1. The first-order valence-electron chi connectivity index (χ1n) is 4.38. The molecule has 1 saturated heterocycles. The van der Waals surface area contributed by atoms with Crippen molar-refractivity contribution >= 4 is 0 Å². The molecule has 3 N–H and O–H groups in total. The maximum Gasteiger partial charge on any atom is 0.0707 e. The van der Waals surface area contributed by atoms with Gasteiger partial charge in [0.2, 0.25) is 0 Å². The highest BCUT2D eigenvalue weighted by atomic mass is 16.3. The van der Waals surface area contributed by atoms with Crippen molar-refractivity contribution in [3.8, 4) is 0 Å². The van der Waals surface area contributed by atoms with Gasteiger partial charge in [-0.15, -0.1) is 0 Å². The highest BCUT2D eigenvalue weighted by molar-refractivity contribution is 4.82. The lowest BCUT2D eigenvalue weighted by Crippen LogP contribution is -2.21. The van der Waals surface area contributed by atoms with Crippen molar-refractivity contribution in [2.75, 3.05) is 26.2 Å². The minimum absolute atomic E-state index is 0.140. The van der Waals surface area contributed by atoms with Gasteiger partial charge in [-0.3, -0.25) is 0 Å². The minimum Gasteiger partial charge on any atom is -0.391 e. The summed E-state index contributed by atoms with van der Waals surface area (Å²) in [5.74, 6) is 0.417. The molecule has 66 valence electrons. The SMILES string of the molecule is CCN1CC(O)C(CCN)C1. The molecule has 11 heavy (non-hydrogen) atoms. The predicted octanol–water partition coefficient (Wildman–Crippen LogP) is -0.352. The highest BCUT2D eigenvalue weighted by Gasteiger charge is 2.29. The van der Waals surface area contributed by atoms with Crippen molar-refractivity contribution in [3.63, 3.8) is 0 Å². The first kappa shape index (κ1) is 8.97. The van der Waals surface area contributed by atoms with Gasteiger partial charge in [-0.05, 0) is 25.4 Å². The number of hydrogen-bond donors (Lipinski definition) is 2. The number of β-amino-alcohol motifs (C(OH)–C–C–N with tert-alkyl or cyclic N) is 1. The Balaban J connectivity index is 2.32. The Morgan fingerprint density at radius 1 is 1.55 bits per heavy atom. The van der Waals surface area contributed by atoms with E-state index >= 15 is 0 Å². The van der Waals surface area contributed by atoms with Crippen LogP contribution < -0.4 is 5.73 Å². The van der Waals surface area contributed by atoms with Crippen molar-refractivity contribution in [2.45, 2.75) is 19.4 Å². The molecule has 1 aliphatic heterocycles. The van der Waals surface area contributed by atoms with Crippen LogP contribution in [0, 0.1) is 5.92 Å². The smallest absolute Gasteiger partial charge is 0.0707 e. The summed E-state index contributed by atoms with van der Waals surface area (Å²) < 4.78 is 0. The summed E-state index contributed by atoms with van der Waals surface area (Å²) in [5, 5.41) is 9.52. The Morgan fingerprint density at radius 2 is 2.27 bits per heavy atom. The van der Waals surface area contributed by atoms with Gasteiger partial charge in [0.15, 0.2) is 0 Å². The Bertz CT molecular complexity index is 119. The second-order valence-corrected chi connectivity index (χ2v) is 3.26. The van der Waals surface area contributed by atoms with Crippen molar-refractivity contribution in [1.29, 1.82) is 0 Å². The van der Waals surface area contributed by atoms with Gasteiger partial charge < -0.3 is 15.7 Å². The molecule has 2 atom stereocenters. The van der Waals surface area contributed by atoms with E-state index in [1.165, 1.54) is 0 Å². The number of aliphatic hydroxyl groups excluding tert-OH is 1. The molecule has 3 heteroatoms. The zero-order chi connectivity index (χ0) is 8.27. The number of likely N-dealkylation sites (N-methyl/N-ethyl adjacent to an activating group) is 1. The molecule has 3 nitrogen and oxygen atoms in total. The minimum atomic E-state index is -0.140. The number of nitrogens with zero attached hydrogens (tertiary/aromatic N) is 1. The molecule has 0 aromatic rings. The Morgan fingerprint density at radius 3 is 2.73 bits per heavy atom. The zero-order valence-corrected chi connectivity index (χ0v) is 7.16. The van der Waals surface area contributed by atoms with Crippen LogP contribution in [0.2, 0.25) is 0 Å². The van der Waals surface area contributed by atoms with Crippen LogP contribution in [0.15, 0.2) is 0 Å².